The first-order valence-electron chi connectivity index (χ1n) is 8.12. The zero-order chi connectivity index (χ0) is 17.9. The summed E-state index contributed by atoms with van der Waals surface area (Å²) in [4.78, 5) is 20.2. The Bertz CT molecular complexity index is 613. The summed E-state index contributed by atoms with van der Waals surface area (Å²) in [5.74, 6) is 2.27. The molecular weight excluding hydrogens is 308 g/mol. The number of amides is 1. The Balaban J connectivity index is 1.92. The van der Waals surface area contributed by atoms with Gasteiger partial charge in [-0.1, -0.05) is 0 Å². The molecule has 0 bridgehead atoms. The fourth-order valence-corrected chi connectivity index (χ4v) is 2.73. The molecule has 0 aliphatic carbocycles. The van der Waals surface area contributed by atoms with E-state index in [0.29, 0.717) is 6.54 Å². The minimum atomic E-state index is -0.626. The van der Waals surface area contributed by atoms with E-state index in [0.717, 1.165) is 43.8 Å². The number of guanidine groups is 1. The number of piperazine rings is 1. The summed E-state index contributed by atoms with van der Waals surface area (Å²) < 4.78 is 1.95. The number of hydrogen-bond donors (Lipinski definition) is 2. The number of primary amides is 1. The van der Waals surface area contributed by atoms with Crippen LogP contribution >= 0.6 is 0 Å². The molecule has 1 aromatic rings. The van der Waals surface area contributed by atoms with Gasteiger partial charge >= 0.3 is 0 Å². The molecule has 1 aliphatic rings. The molecule has 3 N–H and O–H groups in total. The van der Waals surface area contributed by atoms with E-state index in [1.165, 1.54) is 0 Å². The van der Waals surface area contributed by atoms with Crippen molar-refractivity contribution in [1.82, 2.24) is 29.9 Å². The molecular formula is C15H28N8O. The van der Waals surface area contributed by atoms with Crippen LogP contribution in [0, 0.1) is 6.92 Å². The predicted octanol–water partition coefficient (Wildman–Crippen LogP) is -0.920. The molecule has 1 fully saturated rings. The van der Waals surface area contributed by atoms with Crippen molar-refractivity contribution in [3.8, 4) is 0 Å². The van der Waals surface area contributed by atoms with E-state index >= 15 is 0 Å². The lowest BCUT2D eigenvalue weighted by Crippen LogP contribution is -2.61. The number of nitrogens with two attached hydrogens (primary N) is 1. The number of hydrogen-bond acceptors (Lipinski definition) is 5. The standard InChI is InChI=1S/C15H28N8O/c1-11-19-20-12(21(11)5)10-18-14(17-4)22-6-8-23(9-7-22)15(2,3)13(16)24/h6-10H2,1-5H3,(H2,16,24)(H,17,18). The van der Waals surface area contributed by atoms with Crippen LogP contribution in [0.2, 0.25) is 0 Å². The smallest absolute Gasteiger partial charge is 0.237 e. The van der Waals surface area contributed by atoms with Gasteiger partial charge in [0, 0.05) is 40.3 Å². The SMILES string of the molecule is CN=C(NCc1nnc(C)n1C)N1CCN(C(C)(C)C(N)=O)CC1. The number of aryl methyl sites for hydroxylation is 1. The van der Waals surface area contributed by atoms with Crippen LogP contribution in [-0.4, -0.2) is 75.2 Å². The second kappa shape index (κ2) is 7.16. The molecule has 2 rings (SSSR count). The summed E-state index contributed by atoms with van der Waals surface area (Å²) in [5.41, 5.74) is 4.88. The van der Waals surface area contributed by atoms with Crippen LogP contribution in [0.25, 0.3) is 0 Å². The van der Waals surface area contributed by atoms with E-state index in [1.807, 2.05) is 32.4 Å². The van der Waals surface area contributed by atoms with Crippen molar-refractivity contribution in [2.45, 2.75) is 32.9 Å². The van der Waals surface area contributed by atoms with Gasteiger partial charge in [0.15, 0.2) is 11.8 Å². The van der Waals surface area contributed by atoms with E-state index < -0.39 is 5.54 Å². The van der Waals surface area contributed by atoms with E-state index in [-0.39, 0.29) is 5.91 Å². The topological polar surface area (TPSA) is 105 Å². The summed E-state index contributed by atoms with van der Waals surface area (Å²) in [6.07, 6.45) is 0. The third kappa shape index (κ3) is 3.66. The molecule has 0 radical (unpaired) electrons. The molecule has 24 heavy (non-hydrogen) atoms. The molecule has 0 spiro atoms. The minimum Gasteiger partial charge on any atom is -0.368 e. The van der Waals surface area contributed by atoms with Crippen molar-refractivity contribution in [2.24, 2.45) is 17.8 Å². The average molecular weight is 336 g/mol. The summed E-state index contributed by atoms with van der Waals surface area (Å²) in [5, 5.41) is 11.5. The van der Waals surface area contributed by atoms with Crippen LogP contribution < -0.4 is 11.1 Å². The number of rotatable bonds is 4. The van der Waals surface area contributed by atoms with Gasteiger partial charge in [0.2, 0.25) is 5.91 Å². The Hall–Kier alpha value is -2.16. The van der Waals surface area contributed by atoms with Gasteiger partial charge < -0.3 is 20.5 Å². The number of nitrogens with one attached hydrogen (secondary N) is 1. The molecule has 9 heteroatoms. The highest BCUT2D eigenvalue weighted by Gasteiger charge is 2.35. The summed E-state index contributed by atoms with van der Waals surface area (Å²) in [6, 6.07) is 0. The first-order chi connectivity index (χ1) is 11.3. The van der Waals surface area contributed by atoms with E-state index in [1.54, 1.807) is 7.05 Å². The lowest BCUT2D eigenvalue weighted by molar-refractivity contribution is -0.129. The fourth-order valence-electron chi connectivity index (χ4n) is 2.73. The summed E-state index contributed by atoms with van der Waals surface area (Å²) in [7, 11) is 3.71. The summed E-state index contributed by atoms with van der Waals surface area (Å²) >= 11 is 0. The third-order valence-corrected chi connectivity index (χ3v) is 4.77. The second-order valence-corrected chi connectivity index (χ2v) is 6.52. The van der Waals surface area contributed by atoms with Crippen molar-refractivity contribution in [1.29, 1.82) is 0 Å². The summed E-state index contributed by atoms with van der Waals surface area (Å²) in [6.45, 7) is 9.33. The quantitative estimate of drug-likeness (QED) is 0.544. The first kappa shape index (κ1) is 18.2. The minimum absolute atomic E-state index is 0.295. The molecule has 1 amide bonds. The van der Waals surface area contributed by atoms with Gasteiger partial charge in [-0.15, -0.1) is 10.2 Å². The molecule has 0 aromatic carbocycles. The van der Waals surface area contributed by atoms with Gasteiger partial charge in [-0.25, -0.2) is 0 Å². The zero-order valence-corrected chi connectivity index (χ0v) is 15.2. The maximum absolute atomic E-state index is 11.6. The Kier molecular flexibility index (Phi) is 5.43. The lowest BCUT2D eigenvalue weighted by atomic mass is 10.0. The number of aliphatic imine (C=N–C) groups is 1. The van der Waals surface area contributed by atoms with Gasteiger partial charge in [0.1, 0.15) is 5.82 Å². The molecule has 0 atom stereocenters. The second-order valence-electron chi connectivity index (χ2n) is 6.52. The lowest BCUT2D eigenvalue weighted by Gasteiger charge is -2.43. The largest absolute Gasteiger partial charge is 0.368 e. The Labute approximate surface area is 142 Å². The highest BCUT2D eigenvalue weighted by molar-refractivity contribution is 5.84. The molecule has 9 nitrogen and oxygen atoms in total. The Morgan fingerprint density at radius 3 is 2.38 bits per heavy atom. The maximum atomic E-state index is 11.6. The third-order valence-electron chi connectivity index (χ3n) is 4.77. The van der Waals surface area contributed by atoms with Gasteiger partial charge in [-0.3, -0.25) is 14.7 Å². The Morgan fingerprint density at radius 2 is 1.92 bits per heavy atom. The maximum Gasteiger partial charge on any atom is 0.237 e. The van der Waals surface area contributed by atoms with E-state index in [2.05, 4.69) is 30.3 Å². The van der Waals surface area contributed by atoms with Crippen LogP contribution in [0.5, 0.6) is 0 Å². The number of carbonyl (C=O) groups excluding carboxylic acids is 1. The molecule has 0 saturated carbocycles. The van der Waals surface area contributed by atoms with E-state index in [4.69, 9.17) is 5.73 Å². The molecule has 2 heterocycles. The van der Waals surface area contributed by atoms with Gasteiger partial charge in [-0.05, 0) is 20.8 Å². The first-order valence-corrected chi connectivity index (χ1v) is 8.12. The predicted molar refractivity (Wildman–Crippen MR) is 92.4 cm³/mol. The number of carbonyl (C=O) groups is 1. The van der Waals surface area contributed by atoms with Crippen molar-refractivity contribution in [3.05, 3.63) is 11.6 Å². The van der Waals surface area contributed by atoms with Crippen LogP contribution in [-0.2, 0) is 18.4 Å². The highest BCUT2D eigenvalue weighted by Crippen LogP contribution is 2.16. The molecule has 1 aromatic heterocycles. The van der Waals surface area contributed by atoms with Crippen molar-refractivity contribution >= 4 is 11.9 Å². The van der Waals surface area contributed by atoms with Crippen LogP contribution in [0.4, 0.5) is 0 Å². The highest BCUT2D eigenvalue weighted by atomic mass is 16.1. The zero-order valence-electron chi connectivity index (χ0n) is 15.2. The monoisotopic (exact) mass is 336 g/mol. The van der Waals surface area contributed by atoms with Crippen LogP contribution in [0.3, 0.4) is 0 Å². The average Bonchev–Trinajstić information content (AvgIpc) is 2.87. The van der Waals surface area contributed by atoms with Gasteiger partial charge in [0.05, 0.1) is 12.1 Å². The molecule has 1 aliphatic heterocycles. The van der Waals surface area contributed by atoms with Crippen molar-refractivity contribution in [2.75, 3.05) is 33.2 Å². The normalized spacial score (nSPS) is 17.2. The fraction of sp³-hybridized carbons (Fsp3) is 0.733. The van der Waals surface area contributed by atoms with Gasteiger partial charge in [0.25, 0.3) is 0 Å². The Morgan fingerprint density at radius 1 is 1.29 bits per heavy atom. The molecule has 134 valence electrons. The number of nitrogens with zero attached hydrogens (tertiary/aromatic N) is 6. The molecule has 1 saturated heterocycles. The van der Waals surface area contributed by atoms with E-state index in [9.17, 15) is 4.79 Å². The van der Waals surface area contributed by atoms with Gasteiger partial charge in [-0.2, -0.15) is 0 Å². The number of aromatic nitrogens is 3. The van der Waals surface area contributed by atoms with Crippen LogP contribution in [0.15, 0.2) is 4.99 Å². The molecule has 0 unspecified atom stereocenters. The van der Waals surface area contributed by atoms with Crippen LogP contribution in [0.1, 0.15) is 25.5 Å². The van der Waals surface area contributed by atoms with Crippen molar-refractivity contribution < 1.29 is 4.79 Å². The van der Waals surface area contributed by atoms with Crippen molar-refractivity contribution in [3.63, 3.8) is 0 Å².